The molecule has 7 nitrogen and oxygen atoms in total. The first kappa shape index (κ1) is 23.6. The Balaban J connectivity index is 1.29. The van der Waals surface area contributed by atoms with Crippen LogP contribution in [0.1, 0.15) is 40.2 Å². The number of piperidine rings is 1. The highest BCUT2D eigenvalue weighted by atomic mass is 32.1. The fourth-order valence-electron chi connectivity index (χ4n) is 5.30. The van der Waals surface area contributed by atoms with Gasteiger partial charge in [-0.1, -0.05) is 36.4 Å². The summed E-state index contributed by atoms with van der Waals surface area (Å²) in [6.45, 7) is 4.90. The fourth-order valence-corrected chi connectivity index (χ4v) is 5.81. The highest BCUT2D eigenvalue weighted by Crippen LogP contribution is 2.28. The van der Waals surface area contributed by atoms with Crippen LogP contribution in [0.5, 0.6) is 0 Å². The first-order chi connectivity index (χ1) is 17.0. The summed E-state index contributed by atoms with van der Waals surface area (Å²) in [4.78, 5) is 18.0. The van der Waals surface area contributed by atoms with Crippen LogP contribution in [0, 0.1) is 12.8 Å². The third-order valence-corrected chi connectivity index (χ3v) is 7.78. The first-order valence-electron chi connectivity index (χ1n) is 12.2. The van der Waals surface area contributed by atoms with Gasteiger partial charge >= 0.3 is 0 Å². The SMILES string of the molecule is Cc1cc(C(=O)N(C)C(Cc2ccccc2)C2CCN(Cc3ccc4nsnc4c3)CC2)n(C)n1. The van der Waals surface area contributed by atoms with Gasteiger partial charge in [-0.2, -0.15) is 13.8 Å². The average Bonchev–Trinajstić information content (AvgIpc) is 3.48. The summed E-state index contributed by atoms with van der Waals surface area (Å²) >= 11 is 1.27. The van der Waals surface area contributed by atoms with Crippen LogP contribution >= 0.6 is 11.7 Å². The van der Waals surface area contributed by atoms with Gasteiger partial charge in [0.05, 0.1) is 17.4 Å². The lowest BCUT2D eigenvalue weighted by molar-refractivity contribution is 0.0575. The minimum Gasteiger partial charge on any atom is -0.337 e. The molecule has 35 heavy (non-hydrogen) atoms. The molecule has 0 bridgehead atoms. The molecule has 1 saturated heterocycles. The predicted octanol–water partition coefficient (Wildman–Crippen LogP) is 4.33. The summed E-state index contributed by atoms with van der Waals surface area (Å²) in [5.74, 6) is 0.488. The molecule has 2 aromatic carbocycles. The average molecular weight is 489 g/mol. The molecule has 1 atom stereocenters. The van der Waals surface area contributed by atoms with Crippen LogP contribution < -0.4 is 0 Å². The molecule has 8 heteroatoms. The van der Waals surface area contributed by atoms with Gasteiger partial charge in [0.25, 0.3) is 5.91 Å². The molecule has 4 aromatic rings. The molecule has 3 heterocycles. The van der Waals surface area contributed by atoms with E-state index < -0.39 is 0 Å². The van der Waals surface area contributed by atoms with E-state index in [0.29, 0.717) is 11.6 Å². The van der Waals surface area contributed by atoms with Crippen LogP contribution in [0.3, 0.4) is 0 Å². The minimum absolute atomic E-state index is 0.0432. The van der Waals surface area contributed by atoms with Crippen LogP contribution in [0.4, 0.5) is 0 Å². The number of nitrogens with zero attached hydrogens (tertiary/aromatic N) is 6. The van der Waals surface area contributed by atoms with E-state index in [1.807, 2.05) is 38.1 Å². The number of likely N-dealkylation sites (N-methyl/N-ethyl adjacent to an activating group) is 1. The van der Waals surface area contributed by atoms with E-state index in [1.165, 1.54) is 22.9 Å². The molecular formula is C27H32N6OS. The second-order valence-corrected chi connectivity index (χ2v) is 10.2. The van der Waals surface area contributed by atoms with E-state index in [1.54, 1.807) is 4.68 Å². The number of aryl methyl sites for hydroxylation is 2. The number of benzene rings is 2. The molecular weight excluding hydrogens is 456 g/mol. The van der Waals surface area contributed by atoms with Crippen molar-refractivity contribution in [2.24, 2.45) is 13.0 Å². The third-order valence-electron chi connectivity index (χ3n) is 7.23. The molecule has 1 amide bonds. The van der Waals surface area contributed by atoms with Gasteiger partial charge in [0, 0.05) is 26.7 Å². The van der Waals surface area contributed by atoms with Gasteiger partial charge in [0.15, 0.2) is 0 Å². The largest absolute Gasteiger partial charge is 0.337 e. The van der Waals surface area contributed by atoms with Crippen LogP contribution in [0.25, 0.3) is 11.0 Å². The number of likely N-dealkylation sites (tertiary alicyclic amines) is 1. The summed E-state index contributed by atoms with van der Waals surface area (Å²) in [7, 11) is 3.81. The molecule has 0 saturated carbocycles. The van der Waals surface area contributed by atoms with Crippen molar-refractivity contribution in [3.63, 3.8) is 0 Å². The van der Waals surface area contributed by atoms with Crippen molar-refractivity contribution in [3.8, 4) is 0 Å². The Morgan fingerprint density at radius 3 is 2.51 bits per heavy atom. The second kappa shape index (κ2) is 10.3. The van der Waals surface area contributed by atoms with Crippen molar-refractivity contribution < 1.29 is 4.79 Å². The maximum atomic E-state index is 13.5. The highest BCUT2D eigenvalue weighted by Gasteiger charge is 2.33. The molecule has 2 aromatic heterocycles. The molecule has 1 aliphatic rings. The third kappa shape index (κ3) is 5.28. The summed E-state index contributed by atoms with van der Waals surface area (Å²) in [6.07, 6.45) is 3.00. The van der Waals surface area contributed by atoms with Crippen molar-refractivity contribution >= 4 is 28.7 Å². The maximum Gasteiger partial charge on any atom is 0.272 e. The van der Waals surface area contributed by atoms with E-state index in [4.69, 9.17) is 0 Å². The number of fused-ring (bicyclic) bond motifs is 1. The van der Waals surface area contributed by atoms with Crippen molar-refractivity contribution in [2.75, 3.05) is 20.1 Å². The highest BCUT2D eigenvalue weighted by molar-refractivity contribution is 7.00. The van der Waals surface area contributed by atoms with Crippen molar-refractivity contribution in [1.82, 2.24) is 28.3 Å². The molecule has 1 fully saturated rings. The monoisotopic (exact) mass is 488 g/mol. The van der Waals surface area contributed by atoms with E-state index >= 15 is 0 Å². The Morgan fingerprint density at radius 1 is 1.06 bits per heavy atom. The zero-order valence-corrected chi connectivity index (χ0v) is 21.4. The Morgan fingerprint density at radius 2 is 1.80 bits per heavy atom. The number of carbonyl (C=O) groups is 1. The Hall–Kier alpha value is -3.10. The van der Waals surface area contributed by atoms with Crippen molar-refractivity contribution in [3.05, 3.63) is 77.1 Å². The lowest BCUT2D eigenvalue weighted by Gasteiger charge is -2.40. The molecule has 0 radical (unpaired) electrons. The molecule has 1 unspecified atom stereocenters. The number of rotatable bonds is 7. The minimum atomic E-state index is 0.0432. The van der Waals surface area contributed by atoms with Gasteiger partial charge in [-0.05, 0) is 74.5 Å². The number of aromatic nitrogens is 4. The van der Waals surface area contributed by atoms with Crippen LogP contribution in [0.15, 0.2) is 54.6 Å². The van der Waals surface area contributed by atoms with Crippen molar-refractivity contribution in [1.29, 1.82) is 0 Å². The number of amides is 1. The van der Waals surface area contributed by atoms with Crippen molar-refractivity contribution in [2.45, 2.75) is 38.8 Å². The quantitative estimate of drug-likeness (QED) is 0.387. The Kier molecular flexibility index (Phi) is 6.92. The smallest absolute Gasteiger partial charge is 0.272 e. The molecule has 0 aliphatic carbocycles. The Labute approximate surface area is 210 Å². The summed E-state index contributed by atoms with van der Waals surface area (Å²) in [6, 6.07) is 18.9. The lowest BCUT2D eigenvalue weighted by atomic mass is 9.84. The number of carbonyl (C=O) groups excluding carboxylic acids is 1. The molecule has 182 valence electrons. The first-order valence-corrected chi connectivity index (χ1v) is 13.0. The zero-order valence-electron chi connectivity index (χ0n) is 20.6. The van der Waals surface area contributed by atoms with Gasteiger partial charge in [0.2, 0.25) is 0 Å². The summed E-state index contributed by atoms with van der Waals surface area (Å²) in [5, 5.41) is 4.39. The van der Waals surface area contributed by atoms with E-state index in [9.17, 15) is 4.79 Å². The predicted molar refractivity (Wildman–Crippen MR) is 139 cm³/mol. The van der Waals surface area contributed by atoms with E-state index in [2.05, 4.69) is 61.2 Å². The maximum absolute atomic E-state index is 13.5. The molecule has 0 N–H and O–H groups in total. The molecule has 1 aliphatic heterocycles. The fraction of sp³-hybridized carbons (Fsp3) is 0.407. The van der Waals surface area contributed by atoms with Gasteiger partial charge in [-0.3, -0.25) is 14.4 Å². The van der Waals surface area contributed by atoms with Gasteiger partial charge < -0.3 is 4.90 Å². The van der Waals surface area contributed by atoms with Gasteiger partial charge in [0.1, 0.15) is 16.7 Å². The van der Waals surface area contributed by atoms with E-state index in [-0.39, 0.29) is 11.9 Å². The molecule has 5 rings (SSSR count). The van der Waals surface area contributed by atoms with Gasteiger partial charge in [-0.15, -0.1) is 0 Å². The van der Waals surface area contributed by atoms with Crippen LogP contribution in [-0.4, -0.2) is 60.4 Å². The number of hydrogen-bond donors (Lipinski definition) is 0. The second-order valence-electron chi connectivity index (χ2n) is 9.67. The summed E-state index contributed by atoms with van der Waals surface area (Å²) < 4.78 is 10.4. The van der Waals surface area contributed by atoms with Gasteiger partial charge in [-0.25, -0.2) is 0 Å². The van der Waals surface area contributed by atoms with Crippen LogP contribution in [0.2, 0.25) is 0 Å². The lowest BCUT2D eigenvalue weighted by Crippen LogP contribution is -2.47. The Bertz CT molecular complexity index is 1290. The van der Waals surface area contributed by atoms with Crippen LogP contribution in [-0.2, 0) is 20.0 Å². The summed E-state index contributed by atoms with van der Waals surface area (Å²) in [5.41, 5.74) is 6.01. The topological polar surface area (TPSA) is 67.2 Å². The molecule has 0 spiro atoms. The normalized spacial score (nSPS) is 16.0. The standard InChI is InChI=1S/C27H32N6OS/c1-19-15-26(32(3)28-19)27(34)31(2)25(17-20-7-5-4-6-8-20)22-11-13-33(14-12-22)18-21-9-10-23-24(16-21)30-35-29-23/h4-10,15-16,22,25H,11-14,17-18H2,1-3H3. The number of hydrogen-bond acceptors (Lipinski definition) is 6. The van der Waals surface area contributed by atoms with E-state index in [0.717, 1.165) is 55.6 Å². The zero-order chi connectivity index (χ0) is 24.4.